The monoisotopic (exact) mass is 379 g/mol. The number of nitrogens with zero attached hydrogens (tertiary/aromatic N) is 2. The van der Waals surface area contributed by atoms with Crippen molar-refractivity contribution in [1.82, 2.24) is 25.6 Å². The molecule has 1 aromatic carbocycles. The van der Waals surface area contributed by atoms with Crippen molar-refractivity contribution < 1.29 is 4.79 Å². The van der Waals surface area contributed by atoms with Gasteiger partial charge in [-0.05, 0) is 50.3 Å². The Labute approximate surface area is 166 Å². The van der Waals surface area contributed by atoms with Gasteiger partial charge in [0.1, 0.15) is 5.82 Å². The van der Waals surface area contributed by atoms with Crippen LogP contribution in [0.1, 0.15) is 44.3 Å². The van der Waals surface area contributed by atoms with Gasteiger partial charge in [-0.15, -0.1) is 0 Å². The highest BCUT2D eigenvalue weighted by Gasteiger charge is 2.29. The van der Waals surface area contributed by atoms with Gasteiger partial charge in [0.15, 0.2) is 0 Å². The van der Waals surface area contributed by atoms with E-state index in [-0.39, 0.29) is 5.91 Å². The van der Waals surface area contributed by atoms with Crippen LogP contribution in [0.25, 0.3) is 10.9 Å². The standard InChI is InChI=1S/C22H29N5O/c1-15(2)27-19-9-5-4-7-16(19)11-20(27)17-8-6-10-26(14-17)22(28)18-12-21(23-3)25-24-13-18/h4-5,7,9,11-13,15,17,23-25H,6,8,10,14H2,1-3H3. The molecule has 1 fully saturated rings. The zero-order valence-corrected chi connectivity index (χ0v) is 16.8. The molecular weight excluding hydrogens is 350 g/mol. The van der Waals surface area contributed by atoms with Crippen LogP contribution in [0.4, 0.5) is 0 Å². The minimum Gasteiger partial charge on any atom is -0.374 e. The Balaban J connectivity index is 1.60. The number of para-hydroxylation sites is 1. The van der Waals surface area contributed by atoms with Gasteiger partial charge in [-0.3, -0.25) is 10.2 Å². The number of hydrogen-bond donors (Lipinski definition) is 3. The molecular formula is C22H29N5O. The van der Waals surface area contributed by atoms with Crippen LogP contribution in [0.15, 0.2) is 54.0 Å². The number of piperidine rings is 1. The molecule has 0 aliphatic carbocycles. The number of likely N-dealkylation sites (tertiary alicyclic amines) is 1. The summed E-state index contributed by atoms with van der Waals surface area (Å²) in [6, 6.07) is 11.3. The molecule has 4 rings (SSSR count). The number of carbonyl (C=O) groups is 1. The molecule has 1 atom stereocenters. The smallest absolute Gasteiger partial charge is 0.255 e. The van der Waals surface area contributed by atoms with Gasteiger partial charge >= 0.3 is 0 Å². The third-order valence-corrected chi connectivity index (χ3v) is 5.67. The molecule has 6 nitrogen and oxygen atoms in total. The Morgan fingerprint density at radius 2 is 2.11 bits per heavy atom. The Hall–Kier alpha value is -2.89. The first-order chi connectivity index (χ1) is 13.6. The molecule has 1 amide bonds. The van der Waals surface area contributed by atoms with E-state index >= 15 is 0 Å². The maximum Gasteiger partial charge on any atom is 0.255 e. The Kier molecular flexibility index (Phi) is 5.03. The summed E-state index contributed by atoms with van der Waals surface area (Å²) in [5.41, 5.74) is 9.22. The number of nitrogens with one attached hydrogen (secondary N) is 3. The highest BCUT2D eigenvalue weighted by molar-refractivity contribution is 5.96. The number of carbonyl (C=O) groups excluding carboxylic acids is 1. The number of fused-ring (bicyclic) bond motifs is 1. The molecule has 148 valence electrons. The first-order valence-corrected chi connectivity index (χ1v) is 10.1. The first-order valence-electron chi connectivity index (χ1n) is 10.1. The van der Waals surface area contributed by atoms with E-state index in [2.05, 4.69) is 64.9 Å². The predicted octanol–water partition coefficient (Wildman–Crippen LogP) is 2.98. The summed E-state index contributed by atoms with van der Waals surface area (Å²) in [7, 11) is 1.83. The van der Waals surface area contributed by atoms with Crippen molar-refractivity contribution in [3.8, 4) is 0 Å². The van der Waals surface area contributed by atoms with Gasteiger partial charge in [-0.2, -0.15) is 0 Å². The van der Waals surface area contributed by atoms with Crippen LogP contribution in [0, 0.1) is 0 Å². The second-order valence-corrected chi connectivity index (χ2v) is 7.86. The summed E-state index contributed by atoms with van der Waals surface area (Å²) in [6.07, 6.45) is 5.73. The summed E-state index contributed by atoms with van der Waals surface area (Å²) in [4.78, 5) is 15.1. The molecule has 0 radical (unpaired) electrons. The van der Waals surface area contributed by atoms with E-state index in [1.165, 1.54) is 16.6 Å². The first kappa shape index (κ1) is 18.5. The summed E-state index contributed by atoms with van der Waals surface area (Å²) < 4.78 is 2.44. The fourth-order valence-corrected chi connectivity index (χ4v) is 4.36. The van der Waals surface area contributed by atoms with Crippen molar-refractivity contribution in [2.75, 3.05) is 20.1 Å². The van der Waals surface area contributed by atoms with Crippen LogP contribution >= 0.6 is 0 Å². The van der Waals surface area contributed by atoms with Gasteiger partial charge in [0.25, 0.3) is 5.91 Å². The average molecular weight is 380 g/mol. The maximum absolute atomic E-state index is 13.1. The summed E-state index contributed by atoms with van der Waals surface area (Å²) >= 11 is 0. The fraction of sp³-hybridized carbons (Fsp3) is 0.409. The van der Waals surface area contributed by atoms with Crippen LogP contribution in [0.5, 0.6) is 0 Å². The lowest BCUT2D eigenvalue weighted by atomic mass is 9.93. The van der Waals surface area contributed by atoms with E-state index in [9.17, 15) is 4.79 Å². The molecule has 1 saturated heterocycles. The van der Waals surface area contributed by atoms with E-state index in [0.717, 1.165) is 31.8 Å². The predicted molar refractivity (Wildman–Crippen MR) is 112 cm³/mol. The second kappa shape index (κ2) is 7.62. The zero-order valence-electron chi connectivity index (χ0n) is 16.8. The minimum atomic E-state index is 0.0821. The molecule has 0 bridgehead atoms. The molecule has 0 spiro atoms. The number of hydrazine groups is 1. The number of hydrogen-bond acceptors (Lipinski definition) is 4. The summed E-state index contributed by atoms with van der Waals surface area (Å²) in [5.74, 6) is 1.23. The lowest BCUT2D eigenvalue weighted by molar-refractivity contribution is -0.128. The van der Waals surface area contributed by atoms with Gasteiger partial charge in [0, 0.05) is 49.5 Å². The third-order valence-electron chi connectivity index (χ3n) is 5.67. The maximum atomic E-state index is 13.1. The van der Waals surface area contributed by atoms with Crippen molar-refractivity contribution in [1.29, 1.82) is 0 Å². The molecule has 3 N–H and O–H groups in total. The third kappa shape index (κ3) is 3.35. The minimum absolute atomic E-state index is 0.0821. The molecule has 2 aromatic rings. The van der Waals surface area contributed by atoms with Crippen molar-refractivity contribution in [2.24, 2.45) is 0 Å². The molecule has 2 aliphatic rings. The van der Waals surface area contributed by atoms with E-state index in [0.29, 0.717) is 17.5 Å². The van der Waals surface area contributed by atoms with Crippen LogP contribution in [-0.2, 0) is 4.79 Å². The molecule has 0 saturated carbocycles. The fourth-order valence-electron chi connectivity index (χ4n) is 4.36. The summed E-state index contributed by atoms with van der Waals surface area (Å²) in [5, 5.41) is 4.31. The number of rotatable bonds is 4. The van der Waals surface area contributed by atoms with E-state index < -0.39 is 0 Å². The molecule has 1 aromatic heterocycles. The zero-order chi connectivity index (χ0) is 19.7. The number of aromatic nitrogens is 1. The van der Waals surface area contributed by atoms with Crippen molar-refractivity contribution in [3.63, 3.8) is 0 Å². The highest BCUT2D eigenvalue weighted by atomic mass is 16.2. The number of benzene rings is 1. The van der Waals surface area contributed by atoms with Crippen molar-refractivity contribution in [3.05, 3.63) is 59.7 Å². The van der Waals surface area contributed by atoms with Gasteiger partial charge in [0.05, 0.1) is 5.57 Å². The van der Waals surface area contributed by atoms with Gasteiger partial charge in [-0.1, -0.05) is 18.2 Å². The molecule has 6 heteroatoms. The van der Waals surface area contributed by atoms with Crippen LogP contribution in [0.3, 0.4) is 0 Å². The quantitative estimate of drug-likeness (QED) is 0.764. The van der Waals surface area contributed by atoms with E-state index in [4.69, 9.17) is 0 Å². The second-order valence-electron chi connectivity index (χ2n) is 7.86. The highest BCUT2D eigenvalue weighted by Crippen LogP contribution is 2.34. The molecule has 1 unspecified atom stereocenters. The van der Waals surface area contributed by atoms with E-state index in [1.807, 2.05) is 18.0 Å². The van der Waals surface area contributed by atoms with Crippen LogP contribution in [0.2, 0.25) is 0 Å². The molecule has 3 heterocycles. The molecule has 28 heavy (non-hydrogen) atoms. The van der Waals surface area contributed by atoms with Crippen LogP contribution < -0.4 is 16.2 Å². The largest absolute Gasteiger partial charge is 0.374 e. The lowest BCUT2D eigenvalue weighted by Gasteiger charge is -2.34. The van der Waals surface area contributed by atoms with Gasteiger partial charge < -0.3 is 20.2 Å². The normalized spacial score (nSPS) is 19.7. The average Bonchev–Trinajstić information content (AvgIpc) is 3.13. The Bertz CT molecular complexity index is 940. The van der Waals surface area contributed by atoms with Gasteiger partial charge in [-0.25, -0.2) is 0 Å². The summed E-state index contributed by atoms with van der Waals surface area (Å²) in [6.45, 7) is 6.04. The Morgan fingerprint density at radius 3 is 2.89 bits per heavy atom. The number of amides is 1. The van der Waals surface area contributed by atoms with Crippen molar-refractivity contribution in [2.45, 2.75) is 38.6 Å². The van der Waals surface area contributed by atoms with Crippen LogP contribution in [-0.4, -0.2) is 35.5 Å². The topological polar surface area (TPSA) is 61.3 Å². The Morgan fingerprint density at radius 1 is 1.29 bits per heavy atom. The van der Waals surface area contributed by atoms with Crippen molar-refractivity contribution >= 4 is 16.8 Å². The van der Waals surface area contributed by atoms with E-state index in [1.54, 1.807) is 6.20 Å². The molecule has 2 aliphatic heterocycles. The van der Waals surface area contributed by atoms with Gasteiger partial charge in [0.2, 0.25) is 0 Å². The lowest BCUT2D eigenvalue weighted by Crippen LogP contribution is -2.42. The SMILES string of the molecule is CNC1=CC(C(=O)N2CCCC(c3cc4ccccc4n3C(C)C)C2)=CNN1.